The van der Waals surface area contributed by atoms with Crippen LogP contribution in [0.5, 0.6) is 0 Å². The van der Waals surface area contributed by atoms with Crippen LogP contribution in [0.4, 0.5) is 13.2 Å². The molecule has 0 N–H and O–H groups in total. The summed E-state index contributed by atoms with van der Waals surface area (Å²) >= 11 is 0. The van der Waals surface area contributed by atoms with E-state index in [0.717, 1.165) is 37.8 Å². The van der Waals surface area contributed by atoms with Crippen molar-refractivity contribution in [2.24, 2.45) is 0 Å². The van der Waals surface area contributed by atoms with E-state index in [1.165, 1.54) is 18.7 Å². The van der Waals surface area contributed by atoms with E-state index >= 15 is 0 Å². The molecular weight excluding hydrogens is 305 g/mol. The van der Waals surface area contributed by atoms with Crippen LogP contribution in [0.3, 0.4) is 0 Å². The summed E-state index contributed by atoms with van der Waals surface area (Å²) in [6.45, 7) is 0. The summed E-state index contributed by atoms with van der Waals surface area (Å²) in [5, 5.41) is 4.30. The Morgan fingerprint density at radius 2 is 1.91 bits per heavy atom. The summed E-state index contributed by atoms with van der Waals surface area (Å²) in [6.07, 6.45) is 4.99. The van der Waals surface area contributed by atoms with Gasteiger partial charge in [-0.2, -0.15) is 18.3 Å². The Hall–Kier alpha value is -2.11. The first kappa shape index (κ1) is 15.8. The van der Waals surface area contributed by atoms with Crippen LogP contribution in [0.25, 0.3) is 11.1 Å². The van der Waals surface area contributed by atoms with Gasteiger partial charge in [-0.25, -0.2) is 0 Å². The number of nitrogens with zero attached hydrogens (tertiary/aromatic N) is 2. The van der Waals surface area contributed by atoms with Crippen molar-refractivity contribution in [1.29, 1.82) is 0 Å². The average molecular weight is 322 g/mol. The summed E-state index contributed by atoms with van der Waals surface area (Å²) in [6, 6.07) is 3.45. The molecule has 0 amide bonds. The van der Waals surface area contributed by atoms with E-state index in [4.69, 9.17) is 0 Å². The summed E-state index contributed by atoms with van der Waals surface area (Å²) in [5.41, 5.74) is 0.297. The summed E-state index contributed by atoms with van der Waals surface area (Å²) in [5.74, 6) is 0. The molecular formula is C17H17F3N2O. The quantitative estimate of drug-likeness (QED) is 0.754. The summed E-state index contributed by atoms with van der Waals surface area (Å²) in [4.78, 5) is 11.2. The predicted octanol–water partition coefficient (Wildman–Crippen LogP) is 4.89. The Kier molecular flexibility index (Phi) is 4.24. The van der Waals surface area contributed by atoms with Gasteiger partial charge in [0.15, 0.2) is 6.29 Å². The largest absolute Gasteiger partial charge is 0.416 e. The number of hydrogen-bond acceptors (Lipinski definition) is 2. The highest BCUT2D eigenvalue weighted by atomic mass is 19.4. The molecule has 3 nitrogen and oxygen atoms in total. The zero-order valence-corrected chi connectivity index (χ0v) is 12.5. The molecule has 0 saturated heterocycles. The molecule has 0 bridgehead atoms. The van der Waals surface area contributed by atoms with E-state index in [2.05, 4.69) is 5.10 Å². The molecule has 0 unspecified atom stereocenters. The van der Waals surface area contributed by atoms with Crippen LogP contribution in [-0.4, -0.2) is 16.1 Å². The predicted molar refractivity (Wildman–Crippen MR) is 80.2 cm³/mol. The highest BCUT2D eigenvalue weighted by molar-refractivity contribution is 5.87. The maximum Gasteiger partial charge on any atom is 0.416 e. The van der Waals surface area contributed by atoms with Gasteiger partial charge in [0.25, 0.3) is 0 Å². The van der Waals surface area contributed by atoms with E-state index < -0.39 is 11.7 Å². The molecule has 2 aromatic rings. The molecule has 0 aliphatic heterocycles. The van der Waals surface area contributed by atoms with Gasteiger partial charge in [-0.3, -0.25) is 9.48 Å². The van der Waals surface area contributed by atoms with Crippen molar-refractivity contribution >= 4 is 6.29 Å². The minimum absolute atomic E-state index is 0.237. The van der Waals surface area contributed by atoms with Crippen molar-refractivity contribution in [3.63, 3.8) is 0 Å². The van der Waals surface area contributed by atoms with Crippen LogP contribution in [0, 0.1) is 0 Å². The normalized spacial score (nSPS) is 16.5. The standard InChI is InChI=1S/C17H17F3N2O/c18-17(19,20)14-7-6-12(11-23)16(8-14)13-9-21-22(10-13)15-4-2-1-3-5-15/h6-11,15H,1-5H2. The molecule has 1 saturated carbocycles. The van der Waals surface area contributed by atoms with Crippen LogP contribution in [0.15, 0.2) is 30.6 Å². The second kappa shape index (κ2) is 6.18. The van der Waals surface area contributed by atoms with E-state index in [1.54, 1.807) is 6.20 Å². The Morgan fingerprint density at radius 1 is 1.17 bits per heavy atom. The third kappa shape index (κ3) is 3.30. The Balaban J connectivity index is 1.97. The number of aldehydes is 1. The second-order valence-corrected chi connectivity index (χ2v) is 5.92. The second-order valence-electron chi connectivity index (χ2n) is 5.92. The molecule has 1 aromatic carbocycles. The minimum atomic E-state index is -4.43. The van der Waals surface area contributed by atoms with Crippen LogP contribution in [-0.2, 0) is 6.18 Å². The Bertz CT molecular complexity index is 700. The van der Waals surface area contributed by atoms with Crippen molar-refractivity contribution in [1.82, 2.24) is 9.78 Å². The molecule has 0 atom stereocenters. The molecule has 0 radical (unpaired) electrons. The van der Waals surface area contributed by atoms with Crippen molar-refractivity contribution in [3.8, 4) is 11.1 Å². The highest BCUT2D eigenvalue weighted by Gasteiger charge is 2.31. The third-order valence-electron chi connectivity index (χ3n) is 4.37. The SMILES string of the molecule is O=Cc1ccc(C(F)(F)F)cc1-c1cnn(C2CCCCC2)c1. The molecule has 0 spiro atoms. The third-order valence-corrected chi connectivity index (χ3v) is 4.37. The van der Waals surface area contributed by atoms with E-state index in [-0.39, 0.29) is 11.1 Å². The van der Waals surface area contributed by atoms with Crippen molar-refractivity contribution in [2.75, 3.05) is 0 Å². The highest BCUT2D eigenvalue weighted by Crippen LogP contribution is 2.34. The van der Waals surface area contributed by atoms with Gasteiger partial charge < -0.3 is 0 Å². The van der Waals surface area contributed by atoms with Gasteiger partial charge in [-0.05, 0) is 30.5 Å². The number of carbonyl (C=O) groups is 1. The Labute approximate surface area is 132 Å². The van der Waals surface area contributed by atoms with Crippen molar-refractivity contribution in [2.45, 2.75) is 44.3 Å². The topological polar surface area (TPSA) is 34.9 Å². The maximum absolute atomic E-state index is 12.9. The smallest absolute Gasteiger partial charge is 0.298 e. The monoisotopic (exact) mass is 322 g/mol. The number of carbonyl (C=O) groups excluding carboxylic acids is 1. The molecule has 1 aliphatic carbocycles. The lowest BCUT2D eigenvalue weighted by atomic mass is 9.95. The zero-order chi connectivity index (χ0) is 16.4. The molecule has 122 valence electrons. The number of hydrogen-bond donors (Lipinski definition) is 0. The van der Waals surface area contributed by atoms with Crippen LogP contribution in [0.2, 0.25) is 0 Å². The van der Waals surface area contributed by atoms with Gasteiger partial charge in [0.2, 0.25) is 0 Å². The summed E-state index contributed by atoms with van der Waals surface area (Å²) in [7, 11) is 0. The van der Waals surface area contributed by atoms with Gasteiger partial charge in [0.05, 0.1) is 17.8 Å². The average Bonchev–Trinajstić information content (AvgIpc) is 3.04. The fraction of sp³-hybridized carbons (Fsp3) is 0.412. The molecule has 23 heavy (non-hydrogen) atoms. The van der Waals surface area contributed by atoms with E-state index in [9.17, 15) is 18.0 Å². The van der Waals surface area contributed by atoms with Crippen LogP contribution in [0.1, 0.15) is 54.1 Å². The maximum atomic E-state index is 12.9. The number of halogens is 3. The number of rotatable bonds is 3. The lowest BCUT2D eigenvalue weighted by molar-refractivity contribution is -0.137. The van der Waals surface area contributed by atoms with Crippen LogP contribution < -0.4 is 0 Å². The van der Waals surface area contributed by atoms with Crippen LogP contribution >= 0.6 is 0 Å². The summed E-state index contributed by atoms with van der Waals surface area (Å²) < 4.78 is 40.5. The molecule has 1 aliphatic rings. The minimum Gasteiger partial charge on any atom is -0.298 e. The molecule has 6 heteroatoms. The number of alkyl halides is 3. The molecule has 1 fully saturated rings. The first-order valence-corrected chi connectivity index (χ1v) is 7.70. The fourth-order valence-electron chi connectivity index (χ4n) is 3.11. The van der Waals surface area contributed by atoms with Gasteiger partial charge in [-0.15, -0.1) is 0 Å². The lowest BCUT2D eigenvalue weighted by Gasteiger charge is -2.21. The van der Waals surface area contributed by atoms with Crippen molar-refractivity contribution in [3.05, 3.63) is 41.7 Å². The van der Waals surface area contributed by atoms with Crippen molar-refractivity contribution < 1.29 is 18.0 Å². The number of aromatic nitrogens is 2. The molecule has 1 aromatic heterocycles. The van der Waals surface area contributed by atoms with E-state index in [0.29, 0.717) is 17.9 Å². The lowest BCUT2D eigenvalue weighted by Crippen LogP contribution is -2.12. The Morgan fingerprint density at radius 3 is 2.57 bits per heavy atom. The van der Waals surface area contributed by atoms with Gasteiger partial charge in [0, 0.05) is 17.3 Å². The molecule has 3 rings (SSSR count). The van der Waals surface area contributed by atoms with Gasteiger partial charge >= 0.3 is 6.18 Å². The first-order valence-electron chi connectivity index (χ1n) is 7.70. The first-order chi connectivity index (χ1) is 11.0. The number of benzene rings is 1. The zero-order valence-electron chi connectivity index (χ0n) is 12.5. The van der Waals surface area contributed by atoms with E-state index in [1.807, 2.05) is 4.68 Å². The van der Waals surface area contributed by atoms with Gasteiger partial charge in [-0.1, -0.05) is 25.3 Å². The van der Waals surface area contributed by atoms with Gasteiger partial charge in [0.1, 0.15) is 0 Å². The fourth-order valence-corrected chi connectivity index (χ4v) is 3.11. The molecule has 1 heterocycles.